The smallest absolute Gasteiger partial charge is 0.130 e. The lowest BCUT2D eigenvalue weighted by Gasteiger charge is -2.12. The van der Waals surface area contributed by atoms with Crippen LogP contribution in [-0.2, 0) is 0 Å². The van der Waals surface area contributed by atoms with Crippen molar-refractivity contribution in [1.29, 1.82) is 0 Å². The fourth-order valence-electron chi connectivity index (χ4n) is 1.28. The Kier molecular flexibility index (Phi) is 2.69. The van der Waals surface area contributed by atoms with Crippen LogP contribution in [0, 0.1) is 5.41 Å². The standard InChI is InChI=1S/C9H12BrN3O/c10-7-3-8(13-6-12-7)11-4-9(5-14)1-2-9/h3,6,14H,1-2,4-5H2,(H,11,12,13). The van der Waals surface area contributed by atoms with E-state index in [9.17, 15) is 0 Å². The van der Waals surface area contributed by atoms with E-state index in [1.165, 1.54) is 6.33 Å². The normalized spacial score (nSPS) is 17.9. The van der Waals surface area contributed by atoms with Crippen LogP contribution in [0.5, 0.6) is 0 Å². The molecule has 0 saturated heterocycles. The topological polar surface area (TPSA) is 58.0 Å². The van der Waals surface area contributed by atoms with E-state index in [0.717, 1.165) is 29.8 Å². The Bertz CT molecular complexity index is 328. The molecule has 0 aromatic carbocycles. The minimum Gasteiger partial charge on any atom is -0.396 e. The molecular formula is C9H12BrN3O. The van der Waals surface area contributed by atoms with Crippen LogP contribution in [0.2, 0.25) is 0 Å². The third-order valence-electron chi connectivity index (χ3n) is 2.57. The van der Waals surface area contributed by atoms with Crippen LogP contribution in [0.4, 0.5) is 5.82 Å². The highest BCUT2D eigenvalue weighted by Crippen LogP contribution is 2.44. The van der Waals surface area contributed by atoms with Gasteiger partial charge in [-0.2, -0.15) is 0 Å². The molecule has 0 bridgehead atoms. The van der Waals surface area contributed by atoms with Crippen molar-refractivity contribution in [2.45, 2.75) is 12.8 Å². The molecule has 0 atom stereocenters. The van der Waals surface area contributed by atoms with Crippen molar-refractivity contribution in [3.63, 3.8) is 0 Å². The Hall–Kier alpha value is -0.680. The minimum atomic E-state index is 0.109. The number of aliphatic hydroxyl groups excluding tert-OH is 1. The van der Waals surface area contributed by atoms with Crippen LogP contribution in [0.25, 0.3) is 0 Å². The molecule has 14 heavy (non-hydrogen) atoms. The molecule has 0 aliphatic heterocycles. The second-order valence-corrected chi connectivity index (χ2v) is 4.55. The van der Waals surface area contributed by atoms with Gasteiger partial charge in [-0.3, -0.25) is 0 Å². The van der Waals surface area contributed by atoms with Gasteiger partial charge >= 0.3 is 0 Å². The first-order chi connectivity index (χ1) is 6.74. The van der Waals surface area contributed by atoms with Gasteiger partial charge in [-0.05, 0) is 28.8 Å². The second-order valence-electron chi connectivity index (χ2n) is 3.74. The van der Waals surface area contributed by atoms with Gasteiger partial charge in [0, 0.05) is 18.0 Å². The molecule has 0 amide bonds. The molecule has 5 heteroatoms. The summed E-state index contributed by atoms with van der Waals surface area (Å²) in [5.74, 6) is 0.798. The lowest BCUT2D eigenvalue weighted by atomic mass is 10.1. The van der Waals surface area contributed by atoms with Gasteiger partial charge in [0.05, 0.1) is 6.61 Å². The molecule has 2 rings (SSSR count). The molecule has 1 aliphatic rings. The average molecular weight is 258 g/mol. The summed E-state index contributed by atoms with van der Waals surface area (Å²) >= 11 is 3.27. The highest BCUT2D eigenvalue weighted by Gasteiger charge is 2.41. The lowest BCUT2D eigenvalue weighted by molar-refractivity contribution is 0.219. The predicted molar refractivity (Wildman–Crippen MR) is 57.0 cm³/mol. The predicted octanol–water partition coefficient (Wildman–Crippen LogP) is 1.42. The van der Waals surface area contributed by atoms with Crippen LogP contribution < -0.4 is 5.32 Å². The summed E-state index contributed by atoms with van der Waals surface area (Å²) in [7, 11) is 0. The van der Waals surface area contributed by atoms with Crippen LogP contribution in [0.15, 0.2) is 17.0 Å². The van der Waals surface area contributed by atoms with Crippen LogP contribution >= 0.6 is 15.9 Å². The number of aliphatic hydroxyl groups is 1. The zero-order chi connectivity index (χ0) is 10.0. The first-order valence-electron chi connectivity index (χ1n) is 4.56. The SMILES string of the molecule is OCC1(CNc2cc(Br)ncn2)CC1. The van der Waals surface area contributed by atoms with Crippen molar-refractivity contribution in [2.24, 2.45) is 5.41 Å². The monoisotopic (exact) mass is 257 g/mol. The largest absolute Gasteiger partial charge is 0.396 e. The molecule has 1 aliphatic carbocycles. The fraction of sp³-hybridized carbons (Fsp3) is 0.556. The lowest BCUT2D eigenvalue weighted by Crippen LogP contribution is -2.19. The summed E-state index contributed by atoms with van der Waals surface area (Å²) in [6, 6.07) is 1.83. The molecule has 1 saturated carbocycles. The van der Waals surface area contributed by atoms with Gasteiger partial charge in [0.2, 0.25) is 0 Å². The van der Waals surface area contributed by atoms with Gasteiger partial charge in [-0.1, -0.05) is 0 Å². The van der Waals surface area contributed by atoms with Crippen LogP contribution in [0.1, 0.15) is 12.8 Å². The van der Waals surface area contributed by atoms with Crippen molar-refractivity contribution >= 4 is 21.7 Å². The molecule has 1 aromatic heterocycles. The van der Waals surface area contributed by atoms with E-state index in [-0.39, 0.29) is 12.0 Å². The van der Waals surface area contributed by atoms with E-state index >= 15 is 0 Å². The Labute approximate surface area is 90.9 Å². The van der Waals surface area contributed by atoms with Crippen molar-refractivity contribution in [3.8, 4) is 0 Å². The summed E-state index contributed by atoms with van der Waals surface area (Å²) < 4.78 is 0.767. The van der Waals surface area contributed by atoms with Gasteiger partial charge < -0.3 is 10.4 Å². The highest BCUT2D eigenvalue weighted by molar-refractivity contribution is 9.10. The summed E-state index contributed by atoms with van der Waals surface area (Å²) in [4.78, 5) is 8.01. The molecule has 76 valence electrons. The van der Waals surface area contributed by atoms with E-state index < -0.39 is 0 Å². The van der Waals surface area contributed by atoms with E-state index in [4.69, 9.17) is 5.11 Å². The number of hydrogen-bond acceptors (Lipinski definition) is 4. The number of nitrogens with one attached hydrogen (secondary N) is 1. The first-order valence-corrected chi connectivity index (χ1v) is 5.36. The number of rotatable bonds is 4. The quantitative estimate of drug-likeness (QED) is 0.802. The van der Waals surface area contributed by atoms with Crippen molar-refractivity contribution in [2.75, 3.05) is 18.5 Å². The Morgan fingerprint density at radius 1 is 1.50 bits per heavy atom. The van der Waals surface area contributed by atoms with Crippen LogP contribution in [0.3, 0.4) is 0 Å². The van der Waals surface area contributed by atoms with Gasteiger partial charge in [-0.15, -0.1) is 0 Å². The van der Waals surface area contributed by atoms with E-state index in [0.29, 0.717) is 0 Å². The number of hydrogen-bond donors (Lipinski definition) is 2. The second kappa shape index (κ2) is 3.82. The molecule has 1 heterocycles. The van der Waals surface area contributed by atoms with E-state index in [1.54, 1.807) is 0 Å². The zero-order valence-corrected chi connectivity index (χ0v) is 9.29. The van der Waals surface area contributed by atoms with Gasteiger partial charge in [0.25, 0.3) is 0 Å². The maximum Gasteiger partial charge on any atom is 0.130 e. The Morgan fingerprint density at radius 3 is 2.86 bits per heavy atom. The van der Waals surface area contributed by atoms with Crippen molar-refractivity contribution in [1.82, 2.24) is 9.97 Å². The van der Waals surface area contributed by atoms with Crippen molar-refractivity contribution in [3.05, 3.63) is 17.0 Å². The summed E-state index contributed by atoms with van der Waals surface area (Å²) in [6.45, 7) is 1.04. The molecule has 1 aromatic rings. The Morgan fingerprint density at radius 2 is 2.29 bits per heavy atom. The molecular weight excluding hydrogens is 246 g/mol. The number of aromatic nitrogens is 2. The molecule has 0 spiro atoms. The maximum atomic E-state index is 9.11. The first kappa shape index (κ1) is 9.86. The van der Waals surface area contributed by atoms with E-state index in [1.807, 2.05) is 6.07 Å². The van der Waals surface area contributed by atoms with Gasteiger partial charge in [-0.25, -0.2) is 9.97 Å². The third-order valence-corrected chi connectivity index (χ3v) is 3.00. The maximum absolute atomic E-state index is 9.11. The highest BCUT2D eigenvalue weighted by atomic mass is 79.9. The molecule has 1 fully saturated rings. The summed E-state index contributed by atoms with van der Waals surface area (Å²) in [5, 5.41) is 12.3. The number of nitrogens with zero attached hydrogens (tertiary/aromatic N) is 2. The summed E-state index contributed by atoms with van der Waals surface area (Å²) in [6.07, 6.45) is 3.70. The Balaban J connectivity index is 1.92. The molecule has 2 N–H and O–H groups in total. The fourth-order valence-corrected chi connectivity index (χ4v) is 1.58. The van der Waals surface area contributed by atoms with Crippen LogP contribution in [-0.4, -0.2) is 28.2 Å². The van der Waals surface area contributed by atoms with Crippen molar-refractivity contribution < 1.29 is 5.11 Å². The number of anilines is 1. The third kappa shape index (κ3) is 2.22. The van der Waals surface area contributed by atoms with Gasteiger partial charge in [0.15, 0.2) is 0 Å². The molecule has 4 nitrogen and oxygen atoms in total. The zero-order valence-electron chi connectivity index (χ0n) is 7.70. The average Bonchev–Trinajstić information content (AvgIpc) is 2.96. The number of halogens is 1. The molecule has 0 radical (unpaired) electrons. The summed E-state index contributed by atoms with van der Waals surface area (Å²) in [5.41, 5.74) is 0.109. The van der Waals surface area contributed by atoms with Gasteiger partial charge in [0.1, 0.15) is 16.7 Å². The van der Waals surface area contributed by atoms with E-state index in [2.05, 4.69) is 31.2 Å². The minimum absolute atomic E-state index is 0.109. The molecule has 0 unspecified atom stereocenters.